The molecule has 2 saturated heterocycles. The Morgan fingerprint density at radius 3 is 1.77 bits per heavy atom. The lowest BCUT2D eigenvalue weighted by molar-refractivity contribution is 0.00578. The molecule has 2 atom stereocenters. The summed E-state index contributed by atoms with van der Waals surface area (Å²) in [6.07, 6.45) is 7.19. The van der Waals surface area contributed by atoms with Gasteiger partial charge in [0, 0.05) is 46.5 Å². The van der Waals surface area contributed by atoms with Crippen LogP contribution in [0.4, 0.5) is 5.69 Å². The molecule has 8 heteroatoms. The van der Waals surface area contributed by atoms with Gasteiger partial charge in [-0.05, 0) is 121 Å². The first-order valence-corrected chi connectivity index (χ1v) is 17.7. The first kappa shape index (κ1) is 31.9. The maximum atomic E-state index is 6.45. The highest BCUT2D eigenvalue weighted by Gasteiger charge is 2.53. The SMILES string of the molecule is CCN1c2ccc(B3OC(C)(C)C(C)(C)O3)cc2[C@H]2C=C(c3ccc4c(c3)c3cc(B5OC(C)(C)C(C)(C)O5)ccc3n4CC)C=CC21. The third kappa shape index (κ3) is 4.63. The van der Waals surface area contributed by atoms with E-state index in [9.17, 15) is 0 Å². The van der Waals surface area contributed by atoms with Crippen LogP contribution in [0.3, 0.4) is 0 Å². The summed E-state index contributed by atoms with van der Waals surface area (Å²) in [4.78, 5) is 2.52. The monoisotopic (exact) mass is 642 g/mol. The second-order valence-electron chi connectivity index (χ2n) is 16.0. The van der Waals surface area contributed by atoms with E-state index in [0.29, 0.717) is 0 Å². The van der Waals surface area contributed by atoms with Gasteiger partial charge in [0.05, 0.1) is 28.4 Å². The van der Waals surface area contributed by atoms with Crippen LogP contribution >= 0.6 is 0 Å². The normalized spacial score (nSPS) is 24.9. The Kier molecular flexibility index (Phi) is 7.06. The summed E-state index contributed by atoms with van der Waals surface area (Å²) in [6, 6.07) is 20.7. The van der Waals surface area contributed by atoms with Crippen LogP contribution in [-0.4, -0.2) is 53.8 Å². The van der Waals surface area contributed by atoms with Gasteiger partial charge in [-0.2, -0.15) is 0 Å². The summed E-state index contributed by atoms with van der Waals surface area (Å²) in [5, 5.41) is 2.48. The van der Waals surface area contributed by atoms with Gasteiger partial charge in [-0.25, -0.2) is 0 Å². The first-order valence-electron chi connectivity index (χ1n) is 17.7. The third-order valence-corrected chi connectivity index (χ3v) is 12.2. The number of rotatable bonds is 5. The van der Waals surface area contributed by atoms with Crippen molar-refractivity contribution in [3.05, 3.63) is 84.0 Å². The smallest absolute Gasteiger partial charge is 0.399 e. The summed E-state index contributed by atoms with van der Waals surface area (Å²) >= 11 is 0. The van der Waals surface area contributed by atoms with E-state index in [0.717, 1.165) is 24.0 Å². The third-order valence-electron chi connectivity index (χ3n) is 12.2. The van der Waals surface area contributed by atoms with Crippen molar-refractivity contribution < 1.29 is 18.6 Å². The Morgan fingerprint density at radius 2 is 1.19 bits per heavy atom. The molecule has 0 saturated carbocycles. The molecule has 0 radical (unpaired) electrons. The number of aryl methyl sites for hydroxylation is 1. The molecule has 48 heavy (non-hydrogen) atoms. The van der Waals surface area contributed by atoms with Crippen molar-refractivity contribution in [3.8, 4) is 0 Å². The quantitative estimate of drug-likeness (QED) is 0.213. The standard InChI is InChI=1S/C40H48B2N2O4/c1-11-43-33-17-13-25(21-29(33)31-23-27(15-19-35(31)43)41-45-37(3,4)38(5,6)46-41)26-14-18-34-30(22-26)32-24-28(16-20-36(32)44(34)12-2)42-47-39(7,8)40(9,10)48-42/h13-24,29,33H,11-12H2,1-10H3/t29-,33?/m1/s1. The molecule has 8 rings (SSSR count). The zero-order chi connectivity index (χ0) is 34.0. The summed E-state index contributed by atoms with van der Waals surface area (Å²) in [5.41, 5.74) is 8.22. The Bertz CT molecular complexity index is 1990. The van der Waals surface area contributed by atoms with E-state index in [4.69, 9.17) is 18.6 Å². The fourth-order valence-corrected chi connectivity index (χ4v) is 7.97. The molecule has 0 bridgehead atoms. The molecule has 248 valence electrons. The van der Waals surface area contributed by atoms with Crippen LogP contribution in [0, 0.1) is 0 Å². The topological polar surface area (TPSA) is 45.1 Å². The molecule has 1 aromatic heterocycles. The minimum absolute atomic E-state index is 0.241. The number of likely N-dealkylation sites (N-methyl/N-ethyl adjacent to an activating group) is 1. The number of allylic oxidation sites excluding steroid dienone is 2. The molecule has 4 aromatic rings. The van der Waals surface area contributed by atoms with Crippen molar-refractivity contribution in [3.63, 3.8) is 0 Å². The van der Waals surface area contributed by atoms with Crippen LogP contribution in [-0.2, 0) is 25.2 Å². The van der Waals surface area contributed by atoms with E-state index in [-0.39, 0.29) is 41.5 Å². The molecular formula is C40H48B2N2O4. The molecule has 1 unspecified atom stereocenters. The zero-order valence-corrected chi connectivity index (χ0v) is 30.2. The van der Waals surface area contributed by atoms with Gasteiger partial charge in [0.25, 0.3) is 0 Å². The molecule has 4 heterocycles. The van der Waals surface area contributed by atoms with Gasteiger partial charge in [-0.1, -0.05) is 48.6 Å². The van der Waals surface area contributed by atoms with Crippen molar-refractivity contribution >= 4 is 58.2 Å². The Morgan fingerprint density at radius 1 is 0.646 bits per heavy atom. The van der Waals surface area contributed by atoms with Gasteiger partial charge in [-0.15, -0.1) is 0 Å². The minimum atomic E-state index is -0.394. The summed E-state index contributed by atoms with van der Waals surface area (Å²) in [7, 11) is -0.771. The van der Waals surface area contributed by atoms with E-state index in [2.05, 4.69) is 152 Å². The van der Waals surface area contributed by atoms with Gasteiger partial charge >= 0.3 is 14.2 Å². The zero-order valence-electron chi connectivity index (χ0n) is 30.2. The second-order valence-corrected chi connectivity index (χ2v) is 16.0. The molecule has 1 aliphatic carbocycles. The van der Waals surface area contributed by atoms with Crippen LogP contribution in [0.5, 0.6) is 0 Å². The van der Waals surface area contributed by atoms with Crippen molar-refractivity contribution in [2.24, 2.45) is 0 Å². The summed E-state index contributed by atoms with van der Waals surface area (Å²) in [6.45, 7) is 23.2. The lowest BCUT2D eigenvalue weighted by Crippen LogP contribution is -2.41. The second kappa shape index (κ2) is 10.6. The number of hydrogen-bond donors (Lipinski definition) is 0. The van der Waals surface area contributed by atoms with Gasteiger partial charge in [0.2, 0.25) is 0 Å². The fourth-order valence-electron chi connectivity index (χ4n) is 7.97. The maximum Gasteiger partial charge on any atom is 0.494 e. The molecule has 0 N–H and O–H groups in total. The molecule has 4 aliphatic rings. The van der Waals surface area contributed by atoms with Gasteiger partial charge in [0.15, 0.2) is 0 Å². The number of benzene rings is 3. The molecule has 6 nitrogen and oxygen atoms in total. The lowest BCUT2D eigenvalue weighted by Gasteiger charge is -2.32. The van der Waals surface area contributed by atoms with E-state index in [1.54, 1.807) is 0 Å². The summed E-state index contributed by atoms with van der Waals surface area (Å²) in [5.74, 6) is 0.241. The molecule has 0 amide bonds. The molecule has 3 aliphatic heterocycles. The van der Waals surface area contributed by atoms with Crippen LogP contribution in [0.2, 0.25) is 0 Å². The van der Waals surface area contributed by atoms with E-state index >= 15 is 0 Å². The highest BCUT2D eigenvalue weighted by molar-refractivity contribution is 6.62. The first-order chi connectivity index (χ1) is 22.6. The van der Waals surface area contributed by atoms with Crippen molar-refractivity contribution in [1.82, 2.24) is 4.57 Å². The van der Waals surface area contributed by atoms with Gasteiger partial charge in [0.1, 0.15) is 0 Å². The highest BCUT2D eigenvalue weighted by Crippen LogP contribution is 2.46. The maximum absolute atomic E-state index is 6.45. The van der Waals surface area contributed by atoms with Crippen molar-refractivity contribution in [1.29, 1.82) is 0 Å². The van der Waals surface area contributed by atoms with E-state index < -0.39 is 7.12 Å². The number of anilines is 1. The van der Waals surface area contributed by atoms with Gasteiger partial charge in [-0.3, -0.25) is 0 Å². The van der Waals surface area contributed by atoms with Crippen molar-refractivity contribution in [2.45, 2.75) is 110 Å². The number of aromatic nitrogens is 1. The summed E-state index contributed by atoms with van der Waals surface area (Å²) < 4.78 is 28.2. The average molecular weight is 642 g/mol. The average Bonchev–Trinajstić information content (AvgIpc) is 3.68. The number of nitrogens with zero attached hydrogens (tertiary/aromatic N) is 2. The predicted molar refractivity (Wildman–Crippen MR) is 200 cm³/mol. The Balaban J connectivity index is 1.18. The van der Waals surface area contributed by atoms with Crippen LogP contribution < -0.4 is 15.8 Å². The molecule has 2 fully saturated rings. The lowest BCUT2D eigenvalue weighted by atomic mass is 9.76. The molecule has 3 aromatic carbocycles. The van der Waals surface area contributed by atoms with Crippen LogP contribution in [0.1, 0.15) is 86.3 Å². The number of hydrogen-bond acceptors (Lipinski definition) is 5. The van der Waals surface area contributed by atoms with Gasteiger partial charge < -0.3 is 28.1 Å². The molecular weight excluding hydrogens is 594 g/mol. The number of fused-ring (bicyclic) bond motifs is 6. The molecule has 0 spiro atoms. The van der Waals surface area contributed by atoms with Crippen molar-refractivity contribution in [2.75, 3.05) is 11.4 Å². The van der Waals surface area contributed by atoms with E-state index in [1.807, 2.05) is 0 Å². The predicted octanol–water partition coefficient (Wildman–Crippen LogP) is 7.36. The highest BCUT2D eigenvalue weighted by atomic mass is 16.7. The Hall–Kier alpha value is -3.29. The minimum Gasteiger partial charge on any atom is -0.399 e. The van der Waals surface area contributed by atoms with E-state index in [1.165, 1.54) is 44.2 Å². The fraction of sp³-hybridized carbons (Fsp3) is 0.450. The van der Waals surface area contributed by atoms with Crippen LogP contribution in [0.25, 0.3) is 27.4 Å². The largest absolute Gasteiger partial charge is 0.494 e. The van der Waals surface area contributed by atoms with Crippen LogP contribution in [0.15, 0.2) is 72.8 Å². The Labute approximate surface area is 286 Å².